The second kappa shape index (κ2) is 6.12. The molecular formula is C17H21N3O. The lowest BCUT2D eigenvalue weighted by molar-refractivity contribution is -0.119. The van der Waals surface area contributed by atoms with Crippen molar-refractivity contribution in [3.05, 3.63) is 48.3 Å². The number of amides is 1. The van der Waals surface area contributed by atoms with Gasteiger partial charge >= 0.3 is 0 Å². The molecule has 0 saturated heterocycles. The summed E-state index contributed by atoms with van der Waals surface area (Å²) in [7, 11) is 0. The predicted octanol–water partition coefficient (Wildman–Crippen LogP) is 3.31. The van der Waals surface area contributed by atoms with Crippen LogP contribution in [0.15, 0.2) is 42.7 Å². The molecule has 2 aromatic rings. The predicted molar refractivity (Wildman–Crippen MR) is 82.9 cm³/mol. The number of carbonyl (C=O) groups excluding carboxylic acids is 1. The number of carbonyl (C=O) groups is 1. The number of anilines is 1. The molecular weight excluding hydrogens is 262 g/mol. The van der Waals surface area contributed by atoms with Crippen LogP contribution in [0.2, 0.25) is 0 Å². The lowest BCUT2D eigenvalue weighted by Crippen LogP contribution is -2.20. The Morgan fingerprint density at radius 3 is 2.86 bits per heavy atom. The normalized spacial score (nSPS) is 21.4. The summed E-state index contributed by atoms with van der Waals surface area (Å²) >= 11 is 0. The summed E-state index contributed by atoms with van der Waals surface area (Å²) in [5.74, 6) is 0.970. The van der Waals surface area contributed by atoms with Crippen LogP contribution in [0.3, 0.4) is 0 Å². The Hall–Kier alpha value is -2.10. The second-order valence-electron chi connectivity index (χ2n) is 6.02. The smallest absolute Gasteiger partial charge is 0.227 e. The molecule has 110 valence electrons. The standard InChI is InChI=1S/C17H21N3O/c1-13-7-8-15(9-13)17(21)19-16-10-18-20(12-16)11-14-5-3-2-4-6-14/h2-6,10,12-13,15H,7-9,11H2,1H3,(H,19,21). The largest absolute Gasteiger partial charge is 0.323 e. The van der Waals surface area contributed by atoms with Gasteiger partial charge in [0.1, 0.15) is 0 Å². The fourth-order valence-corrected chi connectivity index (χ4v) is 2.97. The average Bonchev–Trinajstić information content (AvgIpc) is 3.09. The fourth-order valence-electron chi connectivity index (χ4n) is 2.97. The molecule has 1 amide bonds. The van der Waals surface area contributed by atoms with E-state index in [9.17, 15) is 4.79 Å². The van der Waals surface area contributed by atoms with E-state index in [4.69, 9.17) is 0 Å². The molecule has 1 heterocycles. The molecule has 1 aliphatic rings. The summed E-state index contributed by atoms with van der Waals surface area (Å²) in [4.78, 5) is 12.2. The lowest BCUT2D eigenvalue weighted by Gasteiger charge is -2.08. The minimum absolute atomic E-state index is 0.138. The molecule has 4 heteroatoms. The summed E-state index contributed by atoms with van der Waals surface area (Å²) < 4.78 is 1.85. The van der Waals surface area contributed by atoms with E-state index in [0.29, 0.717) is 5.92 Å². The van der Waals surface area contributed by atoms with Crippen molar-refractivity contribution >= 4 is 11.6 Å². The minimum Gasteiger partial charge on any atom is -0.323 e. The van der Waals surface area contributed by atoms with Gasteiger partial charge in [-0.1, -0.05) is 37.3 Å². The first-order chi connectivity index (χ1) is 10.2. The van der Waals surface area contributed by atoms with Crippen molar-refractivity contribution in [2.75, 3.05) is 5.32 Å². The Morgan fingerprint density at radius 1 is 1.33 bits per heavy atom. The summed E-state index contributed by atoms with van der Waals surface area (Å²) in [6.07, 6.45) is 6.78. The van der Waals surface area contributed by atoms with Gasteiger partial charge in [0.05, 0.1) is 18.4 Å². The van der Waals surface area contributed by atoms with Gasteiger partial charge in [-0.3, -0.25) is 9.48 Å². The molecule has 1 aromatic carbocycles. The Morgan fingerprint density at radius 2 is 2.14 bits per heavy atom. The van der Waals surface area contributed by atoms with E-state index in [1.165, 1.54) is 5.56 Å². The summed E-state index contributed by atoms with van der Waals surface area (Å²) in [5, 5.41) is 7.30. The van der Waals surface area contributed by atoms with Crippen molar-refractivity contribution in [3.63, 3.8) is 0 Å². The number of hydrogen-bond donors (Lipinski definition) is 1. The number of rotatable bonds is 4. The molecule has 1 fully saturated rings. The monoisotopic (exact) mass is 283 g/mol. The first-order valence-electron chi connectivity index (χ1n) is 7.58. The summed E-state index contributed by atoms with van der Waals surface area (Å²) in [6, 6.07) is 10.2. The van der Waals surface area contributed by atoms with E-state index in [1.807, 2.05) is 29.1 Å². The highest BCUT2D eigenvalue weighted by atomic mass is 16.1. The molecule has 21 heavy (non-hydrogen) atoms. The topological polar surface area (TPSA) is 46.9 Å². The number of aromatic nitrogens is 2. The number of hydrogen-bond acceptors (Lipinski definition) is 2. The first kappa shape index (κ1) is 13.9. The van der Waals surface area contributed by atoms with Gasteiger partial charge in [0, 0.05) is 12.1 Å². The zero-order valence-corrected chi connectivity index (χ0v) is 12.3. The Balaban J connectivity index is 1.59. The molecule has 0 radical (unpaired) electrons. The highest BCUT2D eigenvalue weighted by Crippen LogP contribution is 2.31. The van der Waals surface area contributed by atoms with Crippen LogP contribution < -0.4 is 5.32 Å². The van der Waals surface area contributed by atoms with E-state index in [1.54, 1.807) is 6.20 Å². The highest BCUT2D eigenvalue weighted by molar-refractivity contribution is 5.92. The zero-order chi connectivity index (χ0) is 14.7. The Labute approximate surface area is 125 Å². The van der Waals surface area contributed by atoms with Crippen molar-refractivity contribution in [2.45, 2.75) is 32.7 Å². The molecule has 2 unspecified atom stereocenters. The molecule has 1 aromatic heterocycles. The van der Waals surface area contributed by atoms with Crippen LogP contribution in [0.25, 0.3) is 0 Å². The van der Waals surface area contributed by atoms with E-state index in [0.717, 1.165) is 31.5 Å². The van der Waals surface area contributed by atoms with E-state index in [-0.39, 0.29) is 11.8 Å². The zero-order valence-electron chi connectivity index (χ0n) is 12.3. The van der Waals surface area contributed by atoms with Crippen LogP contribution in [0.4, 0.5) is 5.69 Å². The maximum atomic E-state index is 12.2. The third-order valence-corrected chi connectivity index (χ3v) is 4.15. The number of nitrogens with zero attached hydrogens (tertiary/aromatic N) is 2. The van der Waals surface area contributed by atoms with E-state index in [2.05, 4.69) is 29.5 Å². The molecule has 1 aliphatic carbocycles. The summed E-state index contributed by atoms with van der Waals surface area (Å²) in [5.41, 5.74) is 1.98. The van der Waals surface area contributed by atoms with Gasteiger partial charge in [-0.15, -0.1) is 0 Å². The highest BCUT2D eigenvalue weighted by Gasteiger charge is 2.27. The van der Waals surface area contributed by atoms with E-state index < -0.39 is 0 Å². The van der Waals surface area contributed by atoms with Crippen molar-refractivity contribution in [1.82, 2.24) is 9.78 Å². The van der Waals surface area contributed by atoms with Gasteiger partial charge in [0.2, 0.25) is 5.91 Å². The number of benzene rings is 1. The molecule has 4 nitrogen and oxygen atoms in total. The van der Waals surface area contributed by atoms with Crippen molar-refractivity contribution in [2.24, 2.45) is 11.8 Å². The van der Waals surface area contributed by atoms with Crippen molar-refractivity contribution in [3.8, 4) is 0 Å². The number of nitrogens with one attached hydrogen (secondary N) is 1. The molecule has 0 aliphatic heterocycles. The van der Waals surface area contributed by atoms with Gasteiger partial charge in [-0.05, 0) is 30.7 Å². The molecule has 1 saturated carbocycles. The van der Waals surface area contributed by atoms with Gasteiger partial charge in [0.25, 0.3) is 0 Å². The van der Waals surface area contributed by atoms with Gasteiger partial charge in [0.15, 0.2) is 0 Å². The van der Waals surface area contributed by atoms with Crippen LogP contribution in [0.5, 0.6) is 0 Å². The molecule has 2 atom stereocenters. The lowest BCUT2D eigenvalue weighted by atomic mass is 10.1. The molecule has 1 N–H and O–H groups in total. The second-order valence-corrected chi connectivity index (χ2v) is 6.02. The fraction of sp³-hybridized carbons (Fsp3) is 0.412. The van der Waals surface area contributed by atoms with Crippen LogP contribution >= 0.6 is 0 Å². The van der Waals surface area contributed by atoms with Crippen LogP contribution in [-0.2, 0) is 11.3 Å². The third-order valence-electron chi connectivity index (χ3n) is 4.15. The van der Waals surface area contributed by atoms with Crippen LogP contribution in [0.1, 0.15) is 31.7 Å². The minimum atomic E-state index is 0.138. The van der Waals surface area contributed by atoms with Crippen molar-refractivity contribution in [1.29, 1.82) is 0 Å². The van der Waals surface area contributed by atoms with Gasteiger partial charge < -0.3 is 5.32 Å². The maximum absolute atomic E-state index is 12.2. The van der Waals surface area contributed by atoms with Crippen LogP contribution in [-0.4, -0.2) is 15.7 Å². The van der Waals surface area contributed by atoms with Crippen molar-refractivity contribution < 1.29 is 4.79 Å². The first-order valence-corrected chi connectivity index (χ1v) is 7.58. The molecule has 3 rings (SSSR count). The van der Waals surface area contributed by atoms with Crippen LogP contribution in [0, 0.1) is 11.8 Å². The summed E-state index contributed by atoms with van der Waals surface area (Å²) in [6.45, 7) is 2.93. The molecule has 0 bridgehead atoms. The Bertz CT molecular complexity index is 606. The Kier molecular flexibility index (Phi) is 4.04. The third kappa shape index (κ3) is 3.51. The molecule has 0 spiro atoms. The quantitative estimate of drug-likeness (QED) is 0.935. The SMILES string of the molecule is CC1CCC(C(=O)Nc2cnn(Cc3ccccc3)c2)C1. The van der Waals surface area contributed by atoms with Gasteiger partial charge in [-0.25, -0.2) is 0 Å². The maximum Gasteiger partial charge on any atom is 0.227 e. The average molecular weight is 283 g/mol. The van der Waals surface area contributed by atoms with E-state index >= 15 is 0 Å². The van der Waals surface area contributed by atoms with Gasteiger partial charge in [-0.2, -0.15) is 5.10 Å².